The van der Waals surface area contributed by atoms with Crippen LogP contribution in [0.2, 0.25) is 0 Å². The van der Waals surface area contributed by atoms with Crippen molar-refractivity contribution in [3.05, 3.63) is 53.9 Å². The number of hydrogen-bond donors (Lipinski definition) is 2. The van der Waals surface area contributed by atoms with Crippen molar-refractivity contribution in [2.45, 2.75) is 32.9 Å². The molecule has 1 unspecified atom stereocenters. The van der Waals surface area contributed by atoms with E-state index in [9.17, 15) is 0 Å². The molecule has 0 spiro atoms. The predicted octanol–water partition coefficient (Wildman–Crippen LogP) is 2.95. The van der Waals surface area contributed by atoms with Crippen molar-refractivity contribution in [3.63, 3.8) is 0 Å². The van der Waals surface area contributed by atoms with Gasteiger partial charge in [-0.2, -0.15) is 5.10 Å². The van der Waals surface area contributed by atoms with E-state index in [4.69, 9.17) is 0 Å². The molecule has 0 radical (unpaired) electrons. The van der Waals surface area contributed by atoms with Gasteiger partial charge in [-0.25, -0.2) is 0 Å². The highest BCUT2D eigenvalue weighted by Crippen LogP contribution is 2.11. The van der Waals surface area contributed by atoms with Crippen LogP contribution in [-0.2, 0) is 13.1 Å². The fraction of sp³-hybridized carbons (Fsp3) is 0.524. The molecule has 3 rings (SSSR count). The summed E-state index contributed by atoms with van der Waals surface area (Å²) in [5, 5.41) is 11.2. The molecule has 2 aromatic rings. The normalized spacial score (nSPS) is 15.9. The fourth-order valence-electron chi connectivity index (χ4n) is 3.59. The second kappa shape index (κ2) is 12.1. The van der Waals surface area contributed by atoms with Crippen LogP contribution in [0.15, 0.2) is 47.7 Å². The summed E-state index contributed by atoms with van der Waals surface area (Å²) in [4.78, 5) is 6.94. The first-order chi connectivity index (χ1) is 13.2. The molecule has 1 aromatic carbocycles. The number of nitrogens with one attached hydrogen (secondary N) is 2. The van der Waals surface area contributed by atoms with Gasteiger partial charge in [0.25, 0.3) is 0 Å². The number of halogens is 1. The van der Waals surface area contributed by atoms with E-state index in [1.165, 1.54) is 37.1 Å². The lowest BCUT2D eigenvalue weighted by atomic mass is 10.1. The summed E-state index contributed by atoms with van der Waals surface area (Å²) in [5.74, 6) is 1.46. The SMILES string of the molecule is CN=C(NCc1ccccc1Cn1cccn1)NCC(C)CN1CCCC1.I. The summed E-state index contributed by atoms with van der Waals surface area (Å²) in [7, 11) is 1.83. The zero-order valence-electron chi connectivity index (χ0n) is 17.0. The molecule has 0 bridgehead atoms. The topological polar surface area (TPSA) is 57.5 Å². The Labute approximate surface area is 185 Å². The lowest BCUT2D eigenvalue weighted by Crippen LogP contribution is -2.41. The first-order valence-electron chi connectivity index (χ1n) is 9.95. The van der Waals surface area contributed by atoms with E-state index in [1.807, 2.05) is 30.2 Å². The maximum absolute atomic E-state index is 4.38. The highest BCUT2D eigenvalue weighted by molar-refractivity contribution is 14.0. The molecule has 0 amide bonds. The van der Waals surface area contributed by atoms with Gasteiger partial charge in [-0.15, -0.1) is 24.0 Å². The van der Waals surface area contributed by atoms with Gasteiger partial charge in [0, 0.05) is 39.1 Å². The molecule has 0 aliphatic carbocycles. The molecule has 28 heavy (non-hydrogen) atoms. The summed E-state index contributed by atoms with van der Waals surface area (Å²) in [5.41, 5.74) is 2.53. The number of hydrogen-bond acceptors (Lipinski definition) is 3. The van der Waals surface area contributed by atoms with E-state index in [2.05, 4.69) is 56.8 Å². The Kier molecular flexibility index (Phi) is 9.77. The second-order valence-electron chi connectivity index (χ2n) is 7.39. The van der Waals surface area contributed by atoms with Gasteiger partial charge >= 0.3 is 0 Å². The van der Waals surface area contributed by atoms with Crippen LogP contribution in [0.25, 0.3) is 0 Å². The Balaban J connectivity index is 0.00000280. The van der Waals surface area contributed by atoms with Gasteiger partial charge in [-0.1, -0.05) is 31.2 Å². The van der Waals surface area contributed by atoms with Gasteiger partial charge in [0.1, 0.15) is 0 Å². The number of rotatable bonds is 8. The maximum atomic E-state index is 4.38. The minimum absolute atomic E-state index is 0. The minimum atomic E-state index is 0. The summed E-state index contributed by atoms with van der Waals surface area (Å²) in [6, 6.07) is 10.4. The molecular formula is C21H33IN6. The van der Waals surface area contributed by atoms with Crippen LogP contribution in [-0.4, -0.2) is 53.9 Å². The molecule has 154 valence electrons. The van der Waals surface area contributed by atoms with E-state index < -0.39 is 0 Å². The third-order valence-corrected chi connectivity index (χ3v) is 5.07. The molecule has 1 atom stereocenters. The summed E-state index contributed by atoms with van der Waals surface area (Å²) in [6.07, 6.45) is 6.50. The van der Waals surface area contributed by atoms with Gasteiger partial charge in [-0.3, -0.25) is 9.67 Å². The molecule has 2 N–H and O–H groups in total. The Morgan fingerprint density at radius 1 is 1.14 bits per heavy atom. The standard InChI is InChI=1S/C21H32N6.HI/c1-18(16-26-11-5-6-12-26)14-23-21(22-2)24-15-19-8-3-4-9-20(19)17-27-13-7-10-25-27;/h3-4,7-10,13,18H,5-6,11-12,14-17H2,1-2H3,(H2,22,23,24);1H. The summed E-state index contributed by atoms with van der Waals surface area (Å²) >= 11 is 0. The van der Waals surface area contributed by atoms with Crippen LogP contribution in [0.5, 0.6) is 0 Å². The van der Waals surface area contributed by atoms with Crippen LogP contribution in [0.1, 0.15) is 30.9 Å². The Morgan fingerprint density at radius 2 is 1.89 bits per heavy atom. The number of benzene rings is 1. The molecular weight excluding hydrogens is 463 g/mol. The molecule has 6 nitrogen and oxygen atoms in total. The highest BCUT2D eigenvalue weighted by atomic mass is 127. The number of likely N-dealkylation sites (tertiary alicyclic amines) is 1. The van der Waals surface area contributed by atoms with Crippen LogP contribution < -0.4 is 10.6 Å². The average Bonchev–Trinajstić information content (AvgIpc) is 3.37. The second-order valence-corrected chi connectivity index (χ2v) is 7.39. The van der Waals surface area contributed by atoms with Crippen molar-refractivity contribution in [3.8, 4) is 0 Å². The van der Waals surface area contributed by atoms with Crippen molar-refractivity contribution in [2.24, 2.45) is 10.9 Å². The van der Waals surface area contributed by atoms with Crippen molar-refractivity contribution in [2.75, 3.05) is 33.2 Å². The Hall–Kier alpha value is -1.61. The monoisotopic (exact) mass is 496 g/mol. The minimum Gasteiger partial charge on any atom is -0.356 e. The molecule has 1 aliphatic rings. The van der Waals surface area contributed by atoms with Crippen molar-refractivity contribution < 1.29 is 0 Å². The largest absolute Gasteiger partial charge is 0.356 e. The van der Waals surface area contributed by atoms with Crippen LogP contribution in [0.4, 0.5) is 0 Å². The van der Waals surface area contributed by atoms with E-state index in [-0.39, 0.29) is 24.0 Å². The van der Waals surface area contributed by atoms with E-state index in [0.717, 1.165) is 32.1 Å². The average molecular weight is 496 g/mol. The zero-order chi connectivity index (χ0) is 18.9. The van der Waals surface area contributed by atoms with Gasteiger partial charge in [0.05, 0.1) is 6.54 Å². The predicted molar refractivity (Wildman–Crippen MR) is 126 cm³/mol. The third-order valence-electron chi connectivity index (χ3n) is 5.07. The first kappa shape index (κ1) is 22.7. The van der Waals surface area contributed by atoms with Crippen LogP contribution >= 0.6 is 24.0 Å². The summed E-state index contributed by atoms with van der Waals surface area (Å²) < 4.78 is 1.95. The fourth-order valence-corrected chi connectivity index (χ4v) is 3.59. The van der Waals surface area contributed by atoms with E-state index in [0.29, 0.717) is 5.92 Å². The zero-order valence-corrected chi connectivity index (χ0v) is 19.3. The van der Waals surface area contributed by atoms with E-state index in [1.54, 1.807) is 0 Å². The van der Waals surface area contributed by atoms with Crippen molar-refractivity contribution in [1.82, 2.24) is 25.3 Å². The number of guanidine groups is 1. The lowest BCUT2D eigenvalue weighted by Gasteiger charge is -2.21. The van der Waals surface area contributed by atoms with Crippen LogP contribution in [0, 0.1) is 5.92 Å². The van der Waals surface area contributed by atoms with Gasteiger partial charge in [0.15, 0.2) is 5.96 Å². The van der Waals surface area contributed by atoms with Crippen molar-refractivity contribution >= 4 is 29.9 Å². The molecule has 2 heterocycles. The van der Waals surface area contributed by atoms with Gasteiger partial charge in [-0.05, 0) is 49.0 Å². The molecule has 1 aromatic heterocycles. The van der Waals surface area contributed by atoms with Gasteiger partial charge < -0.3 is 15.5 Å². The van der Waals surface area contributed by atoms with E-state index >= 15 is 0 Å². The van der Waals surface area contributed by atoms with Crippen molar-refractivity contribution in [1.29, 1.82) is 0 Å². The Bertz CT molecular complexity index is 709. The quantitative estimate of drug-likeness (QED) is 0.335. The number of nitrogens with zero attached hydrogens (tertiary/aromatic N) is 4. The first-order valence-corrected chi connectivity index (χ1v) is 9.95. The van der Waals surface area contributed by atoms with Gasteiger partial charge in [0.2, 0.25) is 0 Å². The number of aliphatic imine (C=N–C) groups is 1. The highest BCUT2D eigenvalue weighted by Gasteiger charge is 2.14. The third kappa shape index (κ3) is 7.09. The molecule has 1 fully saturated rings. The number of aromatic nitrogens is 2. The molecule has 1 aliphatic heterocycles. The Morgan fingerprint density at radius 3 is 2.57 bits per heavy atom. The van der Waals surface area contributed by atoms with Crippen LogP contribution in [0.3, 0.4) is 0 Å². The summed E-state index contributed by atoms with van der Waals surface area (Å²) in [6.45, 7) is 8.44. The smallest absolute Gasteiger partial charge is 0.191 e. The lowest BCUT2D eigenvalue weighted by molar-refractivity contribution is 0.287. The maximum Gasteiger partial charge on any atom is 0.191 e. The molecule has 1 saturated heterocycles. The molecule has 0 saturated carbocycles. The molecule has 7 heteroatoms.